The van der Waals surface area contributed by atoms with Gasteiger partial charge in [0.1, 0.15) is 12.4 Å². The second-order valence-electron chi connectivity index (χ2n) is 7.24. The average molecular weight is 318 g/mol. The van der Waals surface area contributed by atoms with E-state index in [1.54, 1.807) is 0 Å². The van der Waals surface area contributed by atoms with Crippen molar-refractivity contribution in [1.82, 2.24) is 4.90 Å². The van der Waals surface area contributed by atoms with Gasteiger partial charge in [0.25, 0.3) is 0 Å². The van der Waals surface area contributed by atoms with Gasteiger partial charge in [-0.15, -0.1) is 0 Å². The van der Waals surface area contributed by atoms with Crippen molar-refractivity contribution in [3.8, 4) is 5.75 Å². The first-order valence-electron chi connectivity index (χ1n) is 8.42. The molecule has 1 aromatic carbocycles. The maximum Gasteiger partial charge on any atom is 0.321 e. The highest BCUT2D eigenvalue weighted by molar-refractivity contribution is 5.89. The summed E-state index contributed by atoms with van der Waals surface area (Å²) in [5.41, 5.74) is 0.980. The molecule has 1 N–H and O–H groups in total. The second-order valence-corrected chi connectivity index (χ2v) is 7.24. The molecule has 5 heteroatoms. The van der Waals surface area contributed by atoms with E-state index in [9.17, 15) is 4.79 Å². The number of likely N-dealkylation sites (tertiary alicyclic amines) is 1. The number of urea groups is 1. The van der Waals surface area contributed by atoms with Crippen LogP contribution < -0.4 is 10.1 Å². The van der Waals surface area contributed by atoms with E-state index in [1.807, 2.05) is 29.2 Å². The van der Waals surface area contributed by atoms with Crippen LogP contribution in [0.15, 0.2) is 24.3 Å². The molecule has 0 saturated carbocycles. The van der Waals surface area contributed by atoms with Gasteiger partial charge < -0.3 is 19.7 Å². The van der Waals surface area contributed by atoms with Crippen molar-refractivity contribution in [1.29, 1.82) is 0 Å². The van der Waals surface area contributed by atoms with E-state index in [2.05, 4.69) is 19.2 Å². The third kappa shape index (κ3) is 4.38. The summed E-state index contributed by atoms with van der Waals surface area (Å²) in [4.78, 5) is 14.2. The highest BCUT2D eigenvalue weighted by atomic mass is 16.5. The third-order valence-electron chi connectivity index (χ3n) is 4.51. The molecule has 0 bridgehead atoms. The Morgan fingerprint density at radius 3 is 3.04 bits per heavy atom. The molecule has 5 nitrogen and oxygen atoms in total. The van der Waals surface area contributed by atoms with Gasteiger partial charge in [0, 0.05) is 31.5 Å². The van der Waals surface area contributed by atoms with E-state index in [0.29, 0.717) is 6.61 Å². The fraction of sp³-hybridized carbons (Fsp3) is 0.611. The van der Waals surface area contributed by atoms with Crippen LogP contribution in [-0.2, 0) is 4.74 Å². The fourth-order valence-electron chi connectivity index (χ4n) is 3.12. The monoisotopic (exact) mass is 318 g/mol. The molecule has 23 heavy (non-hydrogen) atoms. The minimum atomic E-state index is -0.0353. The van der Waals surface area contributed by atoms with Gasteiger partial charge in [-0.25, -0.2) is 4.79 Å². The van der Waals surface area contributed by atoms with Crippen LogP contribution in [0.2, 0.25) is 0 Å². The molecule has 0 aliphatic carbocycles. The zero-order chi connectivity index (χ0) is 16.3. The Labute approximate surface area is 137 Å². The second kappa shape index (κ2) is 6.79. The number of hydrogen-bond donors (Lipinski definition) is 1. The van der Waals surface area contributed by atoms with Crippen LogP contribution in [0.5, 0.6) is 5.75 Å². The van der Waals surface area contributed by atoms with E-state index in [-0.39, 0.29) is 17.6 Å². The number of ether oxygens (including phenoxy) is 2. The van der Waals surface area contributed by atoms with Crippen LogP contribution in [0.1, 0.15) is 33.1 Å². The van der Waals surface area contributed by atoms with E-state index >= 15 is 0 Å². The topological polar surface area (TPSA) is 50.8 Å². The van der Waals surface area contributed by atoms with Crippen molar-refractivity contribution >= 4 is 11.7 Å². The Morgan fingerprint density at radius 2 is 2.35 bits per heavy atom. The minimum absolute atomic E-state index is 0.0353. The van der Waals surface area contributed by atoms with Crippen molar-refractivity contribution < 1.29 is 14.3 Å². The highest BCUT2D eigenvalue weighted by Crippen LogP contribution is 2.29. The van der Waals surface area contributed by atoms with Crippen molar-refractivity contribution in [2.24, 2.45) is 5.41 Å². The maximum atomic E-state index is 12.3. The number of nitrogens with zero attached hydrogens (tertiary/aromatic N) is 1. The largest absolute Gasteiger partial charge is 0.491 e. The van der Waals surface area contributed by atoms with Gasteiger partial charge in [0.05, 0.1) is 6.10 Å². The summed E-state index contributed by atoms with van der Waals surface area (Å²) < 4.78 is 11.3. The van der Waals surface area contributed by atoms with Gasteiger partial charge in [0.2, 0.25) is 0 Å². The molecule has 2 heterocycles. The molecule has 1 atom stereocenters. The predicted octanol–water partition coefficient (Wildman–Crippen LogP) is 3.51. The molecule has 3 rings (SSSR count). The fourth-order valence-corrected chi connectivity index (χ4v) is 3.12. The van der Waals surface area contributed by atoms with Crippen molar-refractivity contribution in [2.45, 2.75) is 39.2 Å². The van der Waals surface area contributed by atoms with Gasteiger partial charge in [-0.3, -0.25) is 0 Å². The molecular weight excluding hydrogens is 292 g/mol. The molecule has 0 spiro atoms. The van der Waals surface area contributed by atoms with Gasteiger partial charge in [-0.05, 0) is 36.8 Å². The molecule has 126 valence electrons. The number of carbonyl (C=O) groups is 1. The van der Waals surface area contributed by atoms with Crippen molar-refractivity contribution in [2.75, 3.05) is 31.6 Å². The van der Waals surface area contributed by atoms with Crippen LogP contribution in [-0.4, -0.2) is 43.3 Å². The lowest BCUT2D eigenvalue weighted by Gasteiger charge is -2.20. The standard InChI is InChI=1S/C18H26N2O3/c1-18(2)8-9-20(13-18)17(21)19-14-5-3-6-15(11-14)23-12-16-7-4-10-22-16/h3,5-6,11,16H,4,7-10,12-13H2,1-2H3,(H,19,21). The molecular formula is C18H26N2O3. The number of benzene rings is 1. The Kier molecular flexibility index (Phi) is 4.76. The maximum absolute atomic E-state index is 12.3. The summed E-state index contributed by atoms with van der Waals surface area (Å²) in [5.74, 6) is 0.764. The zero-order valence-corrected chi connectivity index (χ0v) is 14.0. The highest BCUT2D eigenvalue weighted by Gasteiger charge is 2.32. The summed E-state index contributed by atoms with van der Waals surface area (Å²) in [6.45, 7) is 7.40. The summed E-state index contributed by atoms with van der Waals surface area (Å²) in [6, 6.07) is 7.52. The molecule has 2 saturated heterocycles. The van der Waals surface area contributed by atoms with E-state index < -0.39 is 0 Å². The Bertz CT molecular complexity index is 553. The summed E-state index contributed by atoms with van der Waals surface area (Å²) in [6.07, 6.45) is 3.41. The number of anilines is 1. The van der Waals surface area contributed by atoms with Gasteiger partial charge in [-0.1, -0.05) is 19.9 Å². The smallest absolute Gasteiger partial charge is 0.321 e. The van der Waals surface area contributed by atoms with E-state index in [0.717, 1.165) is 50.4 Å². The van der Waals surface area contributed by atoms with E-state index in [1.165, 1.54) is 0 Å². The molecule has 2 fully saturated rings. The van der Waals surface area contributed by atoms with Gasteiger partial charge in [-0.2, -0.15) is 0 Å². The van der Waals surface area contributed by atoms with Gasteiger partial charge >= 0.3 is 6.03 Å². The van der Waals surface area contributed by atoms with Crippen molar-refractivity contribution in [3.05, 3.63) is 24.3 Å². The molecule has 2 aliphatic heterocycles. The lowest BCUT2D eigenvalue weighted by Crippen LogP contribution is -2.34. The molecule has 0 radical (unpaired) electrons. The zero-order valence-electron chi connectivity index (χ0n) is 14.0. The lowest BCUT2D eigenvalue weighted by molar-refractivity contribution is 0.0680. The van der Waals surface area contributed by atoms with Crippen LogP contribution in [0, 0.1) is 5.41 Å². The van der Waals surface area contributed by atoms with Gasteiger partial charge in [0.15, 0.2) is 0 Å². The van der Waals surface area contributed by atoms with Crippen LogP contribution >= 0.6 is 0 Å². The first kappa shape index (κ1) is 16.1. The lowest BCUT2D eigenvalue weighted by atomic mass is 9.93. The molecule has 1 unspecified atom stereocenters. The molecule has 2 amide bonds. The Hall–Kier alpha value is -1.75. The quantitative estimate of drug-likeness (QED) is 0.924. The number of nitrogens with one attached hydrogen (secondary N) is 1. The number of rotatable bonds is 4. The molecule has 1 aromatic rings. The SMILES string of the molecule is CC1(C)CCN(C(=O)Nc2cccc(OCC3CCCO3)c2)C1. The third-order valence-corrected chi connectivity index (χ3v) is 4.51. The molecule has 2 aliphatic rings. The van der Waals surface area contributed by atoms with Crippen molar-refractivity contribution in [3.63, 3.8) is 0 Å². The summed E-state index contributed by atoms with van der Waals surface area (Å²) in [7, 11) is 0. The first-order chi connectivity index (χ1) is 11.0. The first-order valence-corrected chi connectivity index (χ1v) is 8.42. The minimum Gasteiger partial charge on any atom is -0.491 e. The number of amides is 2. The average Bonchev–Trinajstić information content (AvgIpc) is 3.15. The number of carbonyl (C=O) groups excluding carboxylic acids is 1. The van der Waals surface area contributed by atoms with Crippen LogP contribution in [0.25, 0.3) is 0 Å². The predicted molar refractivity (Wildman–Crippen MR) is 89.9 cm³/mol. The summed E-state index contributed by atoms with van der Waals surface area (Å²) in [5, 5.41) is 2.97. The van der Waals surface area contributed by atoms with Crippen LogP contribution in [0.3, 0.4) is 0 Å². The Balaban J connectivity index is 1.53. The molecule has 0 aromatic heterocycles. The Morgan fingerprint density at radius 1 is 1.48 bits per heavy atom. The van der Waals surface area contributed by atoms with E-state index in [4.69, 9.17) is 9.47 Å². The normalized spacial score (nSPS) is 23.0. The summed E-state index contributed by atoms with van der Waals surface area (Å²) >= 11 is 0. The van der Waals surface area contributed by atoms with Crippen LogP contribution in [0.4, 0.5) is 10.5 Å². The number of hydrogen-bond acceptors (Lipinski definition) is 3.